The lowest BCUT2D eigenvalue weighted by Crippen LogP contribution is -2.35. The van der Waals surface area contributed by atoms with E-state index in [2.05, 4.69) is 12.6 Å². The van der Waals surface area contributed by atoms with Gasteiger partial charge in [-0.1, -0.05) is 0 Å². The van der Waals surface area contributed by atoms with Crippen molar-refractivity contribution < 1.29 is 14.7 Å². The first-order valence-corrected chi connectivity index (χ1v) is 3.79. The topological polar surface area (TPSA) is 57.6 Å². The number of hydrogen-bond acceptors (Lipinski definition) is 3. The molecule has 0 aliphatic heterocycles. The Labute approximate surface area is 70.6 Å². The summed E-state index contributed by atoms with van der Waals surface area (Å²) in [5.41, 5.74) is 0. The summed E-state index contributed by atoms with van der Waals surface area (Å²) >= 11 is 3.89. The van der Waals surface area contributed by atoms with Crippen LogP contribution in [0.25, 0.3) is 0 Å². The molecule has 0 aromatic rings. The zero-order chi connectivity index (χ0) is 8.85. The number of carboxylic acids is 1. The summed E-state index contributed by atoms with van der Waals surface area (Å²) in [5, 5.41) is 8.34. The molecule has 0 aliphatic carbocycles. The second-order valence-corrected chi connectivity index (χ2v) is 2.51. The minimum absolute atomic E-state index is 0.235. The summed E-state index contributed by atoms with van der Waals surface area (Å²) < 4.78 is 0. The lowest BCUT2D eigenvalue weighted by Gasteiger charge is -2.16. The van der Waals surface area contributed by atoms with Gasteiger partial charge in [0.25, 0.3) is 0 Å². The molecule has 0 aromatic heterocycles. The molecular weight excluding hydrogens is 166 g/mol. The fourth-order valence-electron chi connectivity index (χ4n) is 0.632. The second-order valence-electron chi connectivity index (χ2n) is 2.06. The molecule has 0 saturated heterocycles. The number of carbonyl (C=O) groups is 2. The molecule has 0 bridgehead atoms. The minimum atomic E-state index is -0.998. The Morgan fingerprint density at radius 1 is 1.55 bits per heavy atom. The number of aliphatic carboxylic acids is 1. The van der Waals surface area contributed by atoms with E-state index in [-0.39, 0.29) is 12.5 Å². The maximum Gasteiger partial charge on any atom is 0.323 e. The van der Waals surface area contributed by atoms with Crippen molar-refractivity contribution in [2.45, 2.75) is 6.92 Å². The van der Waals surface area contributed by atoms with Crippen LogP contribution in [0.1, 0.15) is 6.92 Å². The highest BCUT2D eigenvalue weighted by Gasteiger charge is 2.10. The summed E-state index contributed by atoms with van der Waals surface area (Å²) in [6, 6.07) is 0. The van der Waals surface area contributed by atoms with Crippen molar-refractivity contribution in [3.63, 3.8) is 0 Å². The first kappa shape index (κ1) is 10.3. The van der Waals surface area contributed by atoms with E-state index in [9.17, 15) is 9.59 Å². The zero-order valence-electron chi connectivity index (χ0n) is 6.28. The molecule has 0 radical (unpaired) electrons. The Hall–Kier alpha value is -0.710. The highest BCUT2D eigenvalue weighted by atomic mass is 32.1. The van der Waals surface area contributed by atoms with E-state index in [0.29, 0.717) is 12.3 Å². The average molecular weight is 177 g/mol. The molecule has 1 amide bonds. The van der Waals surface area contributed by atoms with Gasteiger partial charge in [0.1, 0.15) is 6.54 Å². The van der Waals surface area contributed by atoms with Gasteiger partial charge in [-0.15, -0.1) is 0 Å². The standard InChI is InChI=1S/C6H11NO3S/c1-5(8)7(2-3-11)4-6(9)10/h11H,2-4H2,1H3,(H,9,10). The fourth-order valence-corrected chi connectivity index (χ4v) is 0.873. The molecule has 0 saturated carbocycles. The first-order valence-electron chi connectivity index (χ1n) is 3.16. The van der Waals surface area contributed by atoms with Crippen molar-refractivity contribution in [1.82, 2.24) is 4.90 Å². The summed E-state index contributed by atoms with van der Waals surface area (Å²) in [6.07, 6.45) is 0. The number of nitrogens with zero attached hydrogens (tertiary/aromatic N) is 1. The average Bonchev–Trinajstić information content (AvgIpc) is 1.86. The van der Waals surface area contributed by atoms with Crippen molar-refractivity contribution in [3.8, 4) is 0 Å². The van der Waals surface area contributed by atoms with Gasteiger partial charge in [0, 0.05) is 19.2 Å². The second kappa shape index (κ2) is 5.01. The van der Waals surface area contributed by atoms with Crippen molar-refractivity contribution in [2.24, 2.45) is 0 Å². The molecular formula is C6H11NO3S. The normalized spacial score (nSPS) is 9.27. The van der Waals surface area contributed by atoms with E-state index in [1.165, 1.54) is 11.8 Å². The van der Waals surface area contributed by atoms with Gasteiger partial charge in [0.15, 0.2) is 0 Å². The summed E-state index contributed by atoms with van der Waals surface area (Å²) in [5.74, 6) is -0.754. The molecule has 0 heterocycles. The summed E-state index contributed by atoms with van der Waals surface area (Å²) in [6.45, 7) is 1.48. The number of hydrogen-bond donors (Lipinski definition) is 2. The highest BCUT2D eigenvalue weighted by Crippen LogP contribution is 1.90. The largest absolute Gasteiger partial charge is 0.480 e. The molecule has 1 N–H and O–H groups in total. The molecule has 11 heavy (non-hydrogen) atoms. The van der Waals surface area contributed by atoms with Gasteiger partial charge < -0.3 is 10.0 Å². The van der Waals surface area contributed by atoms with Crippen molar-refractivity contribution in [2.75, 3.05) is 18.8 Å². The third kappa shape index (κ3) is 4.66. The molecule has 4 nitrogen and oxygen atoms in total. The third-order valence-corrected chi connectivity index (χ3v) is 1.34. The molecule has 0 aromatic carbocycles. The van der Waals surface area contributed by atoms with Gasteiger partial charge >= 0.3 is 5.97 Å². The van der Waals surface area contributed by atoms with Gasteiger partial charge in [-0.25, -0.2) is 0 Å². The fraction of sp³-hybridized carbons (Fsp3) is 0.667. The highest BCUT2D eigenvalue weighted by molar-refractivity contribution is 7.80. The maximum atomic E-state index is 10.7. The van der Waals surface area contributed by atoms with Crippen LogP contribution in [0.5, 0.6) is 0 Å². The molecule has 5 heteroatoms. The van der Waals surface area contributed by atoms with Crippen LogP contribution < -0.4 is 0 Å². The SMILES string of the molecule is CC(=O)N(CCS)CC(=O)O. The number of carbonyl (C=O) groups excluding carboxylic acids is 1. The number of thiol groups is 1. The van der Waals surface area contributed by atoms with Gasteiger partial charge in [-0.05, 0) is 0 Å². The Kier molecular flexibility index (Phi) is 4.69. The van der Waals surface area contributed by atoms with Crippen LogP contribution in [-0.2, 0) is 9.59 Å². The predicted octanol–water partition coefficient (Wildman–Crippen LogP) is -0.151. The predicted molar refractivity (Wildman–Crippen MR) is 43.7 cm³/mol. The van der Waals surface area contributed by atoms with E-state index >= 15 is 0 Å². The van der Waals surface area contributed by atoms with Crippen molar-refractivity contribution in [1.29, 1.82) is 0 Å². The Morgan fingerprint density at radius 3 is 2.36 bits per heavy atom. The molecule has 0 rings (SSSR count). The molecule has 0 fully saturated rings. The van der Waals surface area contributed by atoms with Gasteiger partial charge in [-0.3, -0.25) is 9.59 Å². The smallest absolute Gasteiger partial charge is 0.323 e. The number of amides is 1. The maximum absolute atomic E-state index is 10.7. The van der Waals surface area contributed by atoms with Crippen molar-refractivity contribution in [3.05, 3.63) is 0 Å². The Balaban J connectivity index is 3.89. The summed E-state index contributed by atoms with van der Waals surface area (Å²) in [4.78, 5) is 22.1. The quantitative estimate of drug-likeness (QED) is 0.587. The number of rotatable bonds is 4. The van der Waals surface area contributed by atoms with E-state index in [4.69, 9.17) is 5.11 Å². The zero-order valence-corrected chi connectivity index (χ0v) is 7.17. The molecule has 0 spiro atoms. The first-order chi connectivity index (χ1) is 5.07. The molecule has 64 valence electrons. The van der Waals surface area contributed by atoms with Crippen LogP contribution in [0.2, 0.25) is 0 Å². The van der Waals surface area contributed by atoms with Crippen LogP contribution in [0, 0.1) is 0 Å². The van der Waals surface area contributed by atoms with Crippen LogP contribution in [0.3, 0.4) is 0 Å². The Morgan fingerprint density at radius 2 is 2.09 bits per heavy atom. The lowest BCUT2D eigenvalue weighted by atomic mass is 10.4. The van der Waals surface area contributed by atoms with Crippen LogP contribution in [0.4, 0.5) is 0 Å². The lowest BCUT2D eigenvalue weighted by molar-refractivity contribution is -0.143. The van der Waals surface area contributed by atoms with E-state index in [1.54, 1.807) is 0 Å². The van der Waals surface area contributed by atoms with Crippen LogP contribution >= 0.6 is 12.6 Å². The van der Waals surface area contributed by atoms with Crippen LogP contribution in [-0.4, -0.2) is 40.7 Å². The number of carboxylic acid groups (broad SMARTS) is 1. The monoisotopic (exact) mass is 177 g/mol. The van der Waals surface area contributed by atoms with E-state index in [0.717, 1.165) is 0 Å². The van der Waals surface area contributed by atoms with Crippen LogP contribution in [0.15, 0.2) is 0 Å². The van der Waals surface area contributed by atoms with Gasteiger partial charge in [0.05, 0.1) is 0 Å². The molecule has 0 aliphatic rings. The van der Waals surface area contributed by atoms with E-state index in [1.807, 2.05) is 0 Å². The molecule has 0 unspecified atom stereocenters. The summed E-state index contributed by atoms with van der Waals surface area (Å²) in [7, 11) is 0. The van der Waals surface area contributed by atoms with Crippen molar-refractivity contribution >= 4 is 24.5 Å². The Bertz CT molecular complexity index is 160. The molecule has 0 atom stereocenters. The minimum Gasteiger partial charge on any atom is -0.480 e. The van der Waals surface area contributed by atoms with E-state index < -0.39 is 5.97 Å². The van der Waals surface area contributed by atoms with Gasteiger partial charge in [0.2, 0.25) is 5.91 Å². The van der Waals surface area contributed by atoms with Gasteiger partial charge in [-0.2, -0.15) is 12.6 Å². The third-order valence-electron chi connectivity index (χ3n) is 1.14.